The highest BCUT2D eigenvalue weighted by atomic mass is 19.1. The number of carbonyl (C=O) groups is 2. The minimum Gasteiger partial charge on any atom is -0.480 e. The number of aromatic carboxylic acids is 1. The molecular weight excluding hydrogens is 433 g/mol. The fourth-order valence-electron chi connectivity index (χ4n) is 4.07. The van der Waals surface area contributed by atoms with Crippen LogP contribution >= 0.6 is 0 Å². The lowest BCUT2D eigenvalue weighted by molar-refractivity contribution is -0.143. The Morgan fingerprint density at radius 2 is 1.53 bits per heavy atom. The van der Waals surface area contributed by atoms with Gasteiger partial charge < -0.3 is 10.2 Å². The lowest BCUT2D eigenvalue weighted by atomic mass is 9.98. The summed E-state index contributed by atoms with van der Waals surface area (Å²) >= 11 is 0. The fourth-order valence-corrected chi connectivity index (χ4v) is 4.07. The Morgan fingerprint density at radius 1 is 0.882 bits per heavy atom. The van der Waals surface area contributed by atoms with E-state index in [1.165, 1.54) is 12.1 Å². The molecule has 1 unspecified atom stereocenters. The van der Waals surface area contributed by atoms with Gasteiger partial charge in [0.1, 0.15) is 11.9 Å². The molecule has 0 heterocycles. The molecule has 2 N–H and O–H groups in total. The molecule has 1 atom stereocenters. The fraction of sp³-hybridized carbons (Fsp3) is 0.286. The van der Waals surface area contributed by atoms with Gasteiger partial charge in [0, 0.05) is 6.54 Å². The number of halogens is 1. The van der Waals surface area contributed by atoms with Gasteiger partial charge in [-0.3, -0.25) is 9.69 Å². The summed E-state index contributed by atoms with van der Waals surface area (Å²) in [6.45, 7) is 3.18. The Hall–Kier alpha value is -3.51. The van der Waals surface area contributed by atoms with Crippen LogP contribution in [0.3, 0.4) is 0 Å². The molecule has 3 aromatic rings. The molecule has 0 bridgehead atoms. The average Bonchev–Trinajstić information content (AvgIpc) is 2.83. The van der Waals surface area contributed by atoms with Crippen LogP contribution in [0.2, 0.25) is 0 Å². The van der Waals surface area contributed by atoms with E-state index in [0.29, 0.717) is 18.7 Å². The number of benzene rings is 3. The van der Waals surface area contributed by atoms with Gasteiger partial charge in [-0.05, 0) is 59.8 Å². The molecule has 0 aliphatic heterocycles. The minimum absolute atomic E-state index is 0.238. The number of rotatable bonds is 12. The number of carboxylic acid groups (broad SMARTS) is 2. The lowest BCUT2D eigenvalue weighted by Gasteiger charge is -2.29. The highest BCUT2D eigenvalue weighted by Crippen LogP contribution is 2.25. The molecule has 0 fully saturated rings. The Labute approximate surface area is 199 Å². The summed E-state index contributed by atoms with van der Waals surface area (Å²) < 4.78 is 13.3. The van der Waals surface area contributed by atoms with Crippen molar-refractivity contribution in [3.63, 3.8) is 0 Å². The van der Waals surface area contributed by atoms with E-state index in [4.69, 9.17) is 0 Å². The van der Waals surface area contributed by atoms with Gasteiger partial charge in [-0.2, -0.15) is 0 Å². The first-order chi connectivity index (χ1) is 16.4. The zero-order valence-corrected chi connectivity index (χ0v) is 19.3. The SMILES string of the molecule is CCCCCN(Cc1ccc(-c2ccccc2C(=O)O)cc1)C(Cc1ccc(F)cc1)C(=O)O. The van der Waals surface area contributed by atoms with Crippen LogP contribution in [0, 0.1) is 5.82 Å². The van der Waals surface area contributed by atoms with Crippen LogP contribution in [0.1, 0.15) is 47.7 Å². The predicted molar refractivity (Wildman–Crippen MR) is 130 cm³/mol. The lowest BCUT2D eigenvalue weighted by Crippen LogP contribution is -2.43. The summed E-state index contributed by atoms with van der Waals surface area (Å²) in [5, 5.41) is 19.5. The van der Waals surface area contributed by atoms with E-state index in [-0.39, 0.29) is 17.8 Å². The molecule has 6 heteroatoms. The van der Waals surface area contributed by atoms with Crippen LogP contribution in [0.25, 0.3) is 11.1 Å². The van der Waals surface area contributed by atoms with E-state index < -0.39 is 18.0 Å². The van der Waals surface area contributed by atoms with Gasteiger partial charge in [-0.1, -0.05) is 74.4 Å². The normalized spacial score (nSPS) is 12.0. The number of hydrogen-bond acceptors (Lipinski definition) is 3. The molecule has 0 amide bonds. The second-order valence-corrected chi connectivity index (χ2v) is 8.41. The summed E-state index contributed by atoms with van der Waals surface area (Å²) in [6, 6.07) is 19.6. The standard InChI is InChI=1S/C28H30FNO4/c1-2-3-6-17-30(26(28(33)34)18-20-11-15-23(29)16-12-20)19-21-9-13-22(14-10-21)24-7-4-5-8-25(24)27(31)32/h4-5,7-16,26H,2-3,6,17-19H2,1H3,(H,31,32)(H,33,34). The first-order valence-electron chi connectivity index (χ1n) is 11.5. The molecule has 0 aliphatic rings. The second kappa shape index (κ2) is 12.1. The molecule has 0 saturated carbocycles. The summed E-state index contributed by atoms with van der Waals surface area (Å²) in [4.78, 5) is 25.7. The Balaban J connectivity index is 1.82. The third-order valence-electron chi connectivity index (χ3n) is 5.93. The first-order valence-corrected chi connectivity index (χ1v) is 11.5. The van der Waals surface area contributed by atoms with E-state index in [1.807, 2.05) is 29.2 Å². The number of hydrogen-bond donors (Lipinski definition) is 2. The molecule has 0 aliphatic carbocycles. The molecule has 3 aromatic carbocycles. The van der Waals surface area contributed by atoms with Gasteiger partial charge in [0.2, 0.25) is 0 Å². The third kappa shape index (κ3) is 6.75. The van der Waals surface area contributed by atoms with Crippen molar-refractivity contribution >= 4 is 11.9 Å². The van der Waals surface area contributed by atoms with Gasteiger partial charge in [0.25, 0.3) is 0 Å². The van der Waals surface area contributed by atoms with Crippen LogP contribution in [0.4, 0.5) is 4.39 Å². The van der Waals surface area contributed by atoms with Gasteiger partial charge >= 0.3 is 11.9 Å². The number of carboxylic acids is 2. The molecular formula is C28H30FNO4. The molecule has 5 nitrogen and oxygen atoms in total. The van der Waals surface area contributed by atoms with Crippen LogP contribution in [-0.4, -0.2) is 39.6 Å². The molecule has 0 radical (unpaired) electrons. The first kappa shape index (κ1) is 25.1. The molecule has 178 valence electrons. The van der Waals surface area contributed by atoms with Crippen molar-refractivity contribution in [1.82, 2.24) is 4.90 Å². The van der Waals surface area contributed by atoms with Gasteiger partial charge in [-0.15, -0.1) is 0 Å². The maximum absolute atomic E-state index is 13.3. The van der Waals surface area contributed by atoms with Crippen molar-refractivity contribution in [2.45, 2.75) is 45.2 Å². The van der Waals surface area contributed by atoms with Crippen molar-refractivity contribution < 1.29 is 24.2 Å². The highest BCUT2D eigenvalue weighted by molar-refractivity contribution is 5.96. The molecule has 34 heavy (non-hydrogen) atoms. The smallest absolute Gasteiger partial charge is 0.336 e. The highest BCUT2D eigenvalue weighted by Gasteiger charge is 2.26. The molecule has 3 rings (SSSR count). The summed E-state index contributed by atoms with van der Waals surface area (Å²) in [6.07, 6.45) is 3.20. The van der Waals surface area contributed by atoms with E-state index in [0.717, 1.165) is 36.0 Å². The minimum atomic E-state index is -0.980. The van der Waals surface area contributed by atoms with Gasteiger partial charge in [0.05, 0.1) is 5.56 Å². The average molecular weight is 464 g/mol. The largest absolute Gasteiger partial charge is 0.480 e. The third-order valence-corrected chi connectivity index (χ3v) is 5.93. The summed E-state index contributed by atoms with van der Waals surface area (Å²) in [5.41, 5.74) is 3.39. The molecule has 0 spiro atoms. The van der Waals surface area contributed by atoms with Gasteiger partial charge in [-0.25, -0.2) is 9.18 Å². The van der Waals surface area contributed by atoms with E-state index in [2.05, 4.69) is 6.92 Å². The zero-order chi connectivity index (χ0) is 24.5. The van der Waals surface area contributed by atoms with Crippen molar-refractivity contribution in [3.05, 3.63) is 95.3 Å². The molecule has 0 saturated heterocycles. The van der Waals surface area contributed by atoms with Crippen LogP contribution in [0.15, 0.2) is 72.8 Å². The van der Waals surface area contributed by atoms with Crippen molar-refractivity contribution in [2.75, 3.05) is 6.54 Å². The van der Waals surface area contributed by atoms with E-state index in [1.54, 1.807) is 36.4 Å². The van der Waals surface area contributed by atoms with Crippen LogP contribution in [-0.2, 0) is 17.8 Å². The van der Waals surface area contributed by atoms with E-state index >= 15 is 0 Å². The topological polar surface area (TPSA) is 77.8 Å². The van der Waals surface area contributed by atoms with Crippen LogP contribution in [0.5, 0.6) is 0 Å². The molecule has 0 aromatic heterocycles. The Bertz CT molecular complexity index is 1100. The summed E-state index contributed by atoms with van der Waals surface area (Å²) in [7, 11) is 0. The van der Waals surface area contributed by atoms with Crippen LogP contribution < -0.4 is 0 Å². The Morgan fingerprint density at radius 3 is 2.15 bits per heavy atom. The number of unbranched alkanes of at least 4 members (excludes halogenated alkanes) is 2. The van der Waals surface area contributed by atoms with Crippen molar-refractivity contribution in [1.29, 1.82) is 0 Å². The van der Waals surface area contributed by atoms with Gasteiger partial charge in [0.15, 0.2) is 0 Å². The van der Waals surface area contributed by atoms with Crippen molar-refractivity contribution in [2.24, 2.45) is 0 Å². The monoisotopic (exact) mass is 463 g/mol. The number of aliphatic carboxylic acids is 1. The zero-order valence-electron chi connectivity index (χ0n) is 19.3. The van der Waals surface area contributed by atoms with Crippen molar-refractivity contribution in [3.8, 4) is 11.1 Å². The number of nitrogens with zero attached hydrogens (tertiary/aromatic N) is 1. The maximum atomic E-state index is 13.3. The summed E-state index contributed by atoms with van der Waals surface area (Å²) in [5.74, 6) is -2.24. The van der Waals surface area contributed by atoms with E-state index in [9.17, 15) is 24.2 Å². The quantitative estimate of drug-likeness (QED) is 0.328. The maximum Gasteiger partial charge on any atom is 0.336 e. The Kier molecular flexibility index (Phi) is 8.93. The second-order valence-electron chi connectivity index (χ2n) is 8.41. The predicted octanol–water partition coefficient (Wildman–Crippen LogP) is 5.88.